The van der Waals surface area contributed by atoms with Crippen molar-refractivity contribution in [3.8, 4) is 0 Å². The molecule has 1 heterocycles. The molecule has 0 radical (unpaired) electrons. The number of hydrogen-bond acceptors (Lipinski definition) is 3. The van der Waals surface area contributed by atoms with Crippen LogP contribution in [0.15, 0.2) is 4.42 Å². The molecule has 1 aromatic rings. The third-order valence-electron chi connectivity index (χ3n) is 3.53. The maximum Gasteiger partial charge on any atom is 0.374 e. The van der Waals surface area contributed by atoms with Crippen molar-refractivity contribution in [3.63, 3.8) is 0 Å². The van der Waals surface area contributed by atoms with Gasteiger partial charge in [-0.05, 0) is 12.8 Å². The number of hydrogen-bond donors (Lipinski definition) is 1. The molecule has 1 aromatic heterocycles. The van der Waals surface area contributed by atoms with Crippen molar-refractivity contribution in [3.05, 3.63) is 17.3 Å². The van der Waals surface area contributed by atoms with Gasteiger partial charge in [0, 0.05) is 5.41 Å². The summed E-state index contributed by atoms with van der Waals surface area (Å²) in [4.78, 5) is 14.6. The van der Waals surface area contributed by atoms with Gasteiger partial charge in [0.25, 0.3) is 6.43 Å². The Balaban J connectivity index is 2.39. The molecule has 0 aliphatic heterocycles. The smallest absolute Gasteiger partial charge is 0.374 e. The fraction of sp³-hybridized carbons (Fsp3) is 0.667. The van der Waals surface area contributed by atoms with Crippen LogP contribution < -0.4 is 0 Å². The molecule has 1 fully saturated rings. The molecule has 1 aliphatic rings. The van der Waals surface area contributed by atoms with Crippen molar-refractivity contribution in [1.82, 2.24) is 4.98 Å². The number of carbonyl (C=O) groups is 1. The largest absolute Gasteiger partial charge is 0.475 e. The Morgan fingerprint density at radius 3 is 2.44 bits per heavy atom. The minimum atomic E-state index is -2.93. The summed E-state index contributed by atoms with van der Waals surface area (Å²) in [7, 11) is 0. The number of nitrogens with zero attached hydrogens (tertiary/aromatic N) is 1. The summed E-state index contributed by atoms with van der Waals surface area (Å²) in [5.41, 5.74) is -1.18. The molecule has 100 valence electrons. The highest BCUT2D eigenvalue weighted by molar-refractivity contribution is 5.85. The average Bonchev–Trinajstić information content (AvgIpc) is 2.75. The van der Waals surface area contributed by atoms with E-state index in [4.69, 9.17) is 9.52 Å². The zero-order valence-electron chi connectivity index (χ0n) is 10.1. The van der Waals surface area contributed by atoms with Crippen LogP contribution in [0.3, 0.4) is 0 Å². The molecular weight excluding hydrogens is 244 g/mol. The van der Waals surface area contributed by atoms with Gasteiger partial charge in [-0.1, -0.05) is 26.2 Å². The van der Waals surface area contributed by atoms with Crippen molar-refractivity contribution < 1.29 is 23.1 Å². The van der Waals surface area contributed by atoms with E-state index in [0.717, 1.165) is 32.1 Å². The summed E-state index contributed by atoms with van der Waals surface area (Å²) >= 11 is 0. The van der Waals surface area contributed by atoms with Gasteiger partial charge in [0.15, 0.2) is 5.69 Å². The first kappa shape index (κ1) is 13.0. The van der Waals surface area contributed by atoms with Crippen molar-refractivity contribution in [1.29, 1.82) is 0 Å². The zero-order chi connectivity index (χ0) is 13.3. The van der Waals surface area contributed by atoms with Gasteiger partial charge in [-0.2, -0.15) is 0 Å². The third-order valence-corrected chi connectivity index (χ3v) is 3.53. The normalized spacial score (nSPS) is 19.1. The second-order valence-corrected chi connectivity index (χ2v) is 4.96. The Morgan fingerprint density at radius 1 is 1.39 bits per heavy atom. The number of halogens is 2. The van der Waals surface area contributed by atoms with Crippen LogP contribution in [0.25, 0.3) is 0 Å². The first-order valence-electron chi connectivity index (χ1n) is 5.97. The molecule has 0 unspecified atom stereocenters. The van der Waals surface area contributed by atoms with Crippen LogP contribution in [-0.4, -0.2) is 16.1 Å². The SMILES string of the molecule is CC1(c2nc(C(F)F)c(C(=O)O)o2)CCCCC1. The maximum atomic E-state index is 12.7. The van der Waals surface area contributed by atoms with E-state index in [9.17, 15) is 13.6 Å². The Hall–Kier alpha value is -1.46. The van der Waals surface area contributed by atoms with Crippen LogP contribution >= 0.6 is 0 Å². The zero-order valence-corrected chi connectivity index (χ0v) is 10.1. The van der Waals surface area contributed by atoms with Crippen LogP contribution in [0.1, 0.15) is 67.6 Å². The fourth-order valence-corrected chi connectivity index (χ4v) is 2.44. The maximum absolute atomic E-state index is 12.7. The first-order chi connectivity index (χ1) is 8.44. The molecule has 0 amide bonds. The van der Waals surface area contributed by atoms with Crippen molar-refractivity contribution in [2.24, 2.45) is 0 Å². The van der Waals surface area contributed by atoms with Gasteiger partial charge < -0.3 is 9.52 Å². The van der Waals surface area contributed by atoms with E-state index in [1.54, 1.807) is 0 Å². The van der Waals surface area contributed by atoms with Crippen LogP contribution in [0, 0.1) is 0 Å². The van der Waals surface area contributed by atoms with E-state index in [1.165, 1.54) is 0 Å². The van der Waals surface area contributed by atoms with Gasteiger partial charge in [-0.25, -0.2) is 18.6 Å². The van der Waals surface area contributed by atoms with E-state index < -0.39 is 29.3 Å². The molecule has 1 aliphatic carbocycles. The van der Waals surface area contributed by atoms with E-state index >= 15 is 0 Å². The predicted octanol–water partition coefficient (Wildman–Crippen LogP) is 3.53. The molecule has 0 aromatic carbocycles. The highest BCUT2D eigenvalue weighted by atomic mass is 19.3. The van der Waals surface area contributed by atoms with Crippen molar-refractivity contribution in [2.75, 3.05) is 0 Å². The summed E-state index contributed by atoms with van der Waals surface area (Å²) in [5.74, 6) is -2.09. The van der Waals surface area contributed by atoms with Crippen molar-refractivity contribution in [2.45, 2.75) is 50.9 Å². The highest BCUT2D eigenvalue weighted by Gasteiger charge is 2.37. The van der Waals surface area contributed by atoms with Gasteiger partial charge in [0.05, 0.1) is 0 Å². The minimum Gasteiger partial charge on any atom is -0.475 e. The second kappa shape index (κ2) is 4.66. The second-order valence-electron chi connectivity index (χ2n) is 4.96. The monoisotopic (exact) mass is 259 g/mol. The number of rotatable bonds is 3. The Morgan fingerprint density at radius 2 is 2.00 bits per heavy atom. The molecule has 2 rings (SSSR count). The molecule has 1 N–H and O–H groups in total. The van der Waals surface area contributed by atoms with Crippen LogP contribution in [0.2, 0.25) is 0 Å². The van der Waals surface area contributed by atoms with E-state index in [1.807, 2.05) is 6.92 Å². The van der Waals surface area contributed by atoms with Gasteiger partial charge in [-0.3, -0.25) is 0 Å². The standard InChI is InChI=1S/C12H15F2NO3/c1-12(5-3-2-4-6-12)11-15-7(9(13)14)8(18-11)10(16)17/h9H,2-6H2,1H3,(H,16,17). The Bertz CT molecular complexity index is 450. The third kappa shape index (κ3) is 2.23. The number of carboxylic acids is 1. The topological polar surface area (TPSA) is 63.3 Å². The quantitative estimate of drug-likeness (QED) is 0.901. The Kier molecular flexibility index (Phi) is 3.36. The van der Waals surface area contributed by atoms with Crippen LogP contribution in [0.4, 0.5) is 8.78 Å². The molecule has 18 heavy (non-hydrogen) atoms. The van der Waals surface area contributed by atoms with E-state index in [0.29, 0.717) is 0 Å². The lowest BCUT2D eigenvalue weighted by Crippen LogP contribution is -2.25. The van der Waals surface area contributed by atoms with E-state index in [2.05, 4.69) is 4.98 Å². The summed E-state index contributed by atoms with van der Waals surface area (Å²) in [6.45, 7) is 1.89. The fourth-order valence-electron chi connectivity index (χ4n) is 2.44. The molecule has 1 saturated carbocycles. The van der Waals surface area contributed by atoms with Crippen LogP contribution in [0.5, 0.6) is 0 Å². The van der Waals surface area contributed by atoms with Gasteiger partial charge in [-0.15, -0.1) is 0 Å². The summed E-state index contributed by atoms with van der Waals surface area (Å²) in [5, 5.41) is 8.84. The van der Waals surface area contributed by atoms with Crippen LogP contribution in [-0.2, 0) is 5.41 Å². The number of oxazole rings is 1. The lowest BCUT2D eigenvalue weighted by molar-refractivity contribution is 0.0641. The molecule has 6 heteroatoms. The number of alkyl halides is 2. The number of carboxylic acid groups (broad SMARTS) is 1. The van der Waals surface area contributed by atoms with Gasteiger partial charge in [0.2, 0.25) is 11.7 Å². The summed E-state index contributed by atoms with van der Waals surface area (Å²) in [6, 6.07) is 0. The summed E-state index contributed by atoms with van der Waals surface area (Å²) < 4.78 is 30.5. The highest BCUT2D eigenvalue weighted by Crippen LogP contribution is 2.40. The molecule has 4 nitrogen and oxygen atoms in total. The summed E-state index contributed by atoms with van der Waals surface area (Å²) in [6.07, 6.45) is 1.70. The predicted molar refractivity (Wildman–Crippen MR) is 58.9 cm³/mol. The molecule has 0 atom stereocenters. The lowest BCUT2D eigenvalue weighted by Gasteiger charge is -2.30. The van der Waals surface area contributed by atoms with Crippen molar-refractivity contribution >= 4 is 5.97 Å². The average molecular weight is 259 g/mol. The number of aromatic carboxylic acids is 1. The van der Waals surface area contributed by atoms with Gasteiger partial charge in [0.1, 0.15) is 0 Å². The molecular formula is C12H15F2NO3. The lowest BCUT2D eigenvalue weighted by atomic mass is 9.76. The van der Waals surface area contributed by atoms with E-state index in [-0.39, 0.29) is 5.89 Å². The first-order valence-corrected chi connectivity index (χ1v) is 5.97. The molecule has 0 bridgehead atoms. The molecule has 0 spiro atoms. The molecule has 0 saturated heterocycles. The van der Waals surface area contributed by atoms with Gasteiger partial charge >= 0.3 is 5.97 Å². The minimum absolute atomic E-state index is 0.134. The Labute approximate surface area is 103 Å². The number of aromatic nitrogens is 1.